The van der Waals surface area contributed by atoms with Gasteiger partial charge in [-0.3, -0.25) is 0 Å². The van der Waals surface area contributed by atoms with E-state index in [4.69, 9.17) is 0 Å². The maximum absolute atomic E-state index is 16.1. The fourth-order valence-corrected chi connectivity index (χ4v) is 19.5. The van der Waals surface area contributed by atoms with Crippen molar-refractivity contribution in [3.63, 3.8) is 0 Å². The molecule has 2 nitrogen and oxygen atoms in total. The molecule has 0 N–H and O–H groups in total. The molecule has 1 aliphatic heterocycles. The van der Waals surface area contributed by atoms with Gasteiger partial charge in [0.05, 0.1) is 10.8 Å². The van der Waals surface area contributed by atoms with E-state index in [0.717, 1.165) is 134 Å². The topological polar surface area (TPSA) is 6.48 Å². The van der Waals surface area contributed by atoms with E-state index in [1.54, 1.807) is 12.1 Å². The lowest BCUT2D eigenvalue weighted by atomic mass is 9.67. The summed E-state index contributed by atoms with van der Waals surface area (Å²) < 4.78 is 93.4. The van der Waals surface area contributed by atoms with Crippen LogP contribution in [0.25, 0.3) is 67.8 Å². The van der Waals surface area contributed by atoms with Crippen molar-refractivity contribution < 1.29 is 26.3 Å². The van der Waals surface area contributed by atoms with E-state index in [1.807, 2.05) is 107 Å². The van der Waals surface area contributed by atoms with Gasteiger partial charge in [0.25, 0.3) is 0 Å². The van der Waals surface area contributed by atoms with Crippen LogP contribution in [0.2, 0.25) is 13.1 Å². The molecule has 0 aromatic heterocycles. The molecular weight excluding hydrogens is 1280 g/mol. The first-order chi connectivity index (χ1) is 49.1. The number of hydrogen-bond acceptors (Lipinski definition) is 2. The molecule has 486 valence electrons. The summed E-state index contributed by atoms with van der Waals surface area (Å²) in [6, 6.07) is 96.6. The highest BCUT2D eigenvalue weighted by molar-refractivity contribution is 7.03. The van der Waals surface area contributed by atoms with Crippen molar-refractivity contribution in [2.24, 2.45) is 0 Å². The SMILES string of the molecule is C=Cc1ccc(-c2ccc(C3(c4ccc(F)cc4)c4ccccc4-c4ccc(N(c5ccc(F)c(F)c5)c5ccc6c(c5)-c5cc(N(c7ccc(F)c(F)c7)c7ccc8c(c7)C(c7ccc(F)cc7)(c7ccc(-c9ccc(C=C)cc9)cc7)c7ccccc7-8)ccc5[Si]6(C)C)cc43)cc2)cc1. The van der Waals surface area contributed by atoms with Crippen molar-refractivity contribution in [2.45, 2.75) is 23.9 Å². The number of halogens is 6. The molecule has 1 heterocycles. The maximum atomic E-state index is 16.1. The number of hydrogen-bond donors (Lipinski definition) is 0. The Hall–Kier alpha value is -12.0. The van der Waals surface area contributed by atoms with Crippen molar-refractivity contribution in [1.82, 2.24) is 0 Å². The molecule has 2 atom stereocenters. The Morgan fingerprint density at radius 2 is 0.574 bits per heavy atom. The second-order valence-electron chi connectivity index (χ2n) is 26.8. The summed E-state index contributed by atoms with van der Waals surface area (Å²) in [4.78, 5) is 3.93. The predicted octanol–water partition coefficient (Wildman–Crippen LogP) is 23.6. The predicted molar refractivity (Wildman–Crippen MR) is 403 cm³/mol. The fraction of sp³-hybridized carbons (Fsp3) is 0.0435. The van der Waals surface area contributed by atoms with E-state index < -0.39 is 42.2 Å². The number of rotatable bonds is 14. The zero-order chi connectivity index (χ0) is 69.1. The molecule has 9 heteroatoms. The van der Waals surface area contributed by atoms with Crippen LogP contribution >= 0.6 is 0 Å². The highest BCUT2D eigenvalue weighted by Gasteiger charge is 2.49. The molecular formula is C92H62F6N2Si. The Morgan fingerprint density at radius 3 is 0.931 bits per heavy atom. The highest BCUT2D eigenvalue weighted by atomic mass is 28.3. The second-order valence-corrected chi connectivity index (χ2v) is 31.2. The Morgan fingerprint density at radius 1 is 0.277 bits per heavy atom. The second kappa shape index (κ2) is 24.1. The zero-order valence-electron chi connectivity index (χ0n) is 55.1. The van der Waals surface area contributed by atoms with Crippen molar-refractivity contribution in [1.29, 1.82) is 0 Å². The minimum absolute atomic E-state index is 0.370. The van der Waals surface area contributed by atoms with Crippen LogP contribution in [0, 0.1) is 34.9 Å². The van der Waals surface area contributed by atoms with Crippen molar-refractivity contribution in [2.75, 3.05) is 9.80 Å². The average molecular weight is 1340 g/mol. The number of fused-ring (bicyclic) bond motifs is 9. The lowest BCUT2D eigenvalue weighted by Crippen LogP contribution is -2.49. The van der Waals surface area contributed by atoms with Crippen LogP contribution in [0.3, 0.4) is 0 Å². The Balaban J connectivity index is 0.832. The van der Waals surface area contributed by atoms with Gasteiger partial charge < -0.3 is 9.80 Å². The summed E-state index contributed by atoms with van der Waals surface area (Å²) in [5, 5.41) is 2.30. The van der Waals surface area contributed by atoms with Gasteiger partial charge in [-0.05, 0) is 219 Å². The summed E-state index contributed by atoms with van der Waals surface area (Å²) in [5.41, 5.74) is 20.8. The summed E-state index contributed by atoms with van der Waals surface area (Å²) in [7, 11) is -2.52. The van der Waals surface area contributed by atoms with Gasteiger partial charge in [-0.15, -0.1) is 0 Å². The maximum Gasteiger partial charge on any atom is 0.160 e. The molecule has 101 heavy (non-hydrogen) atoms. The molecule has 0 fully saturated rings. The minimum Gasteiger partial charge on any atom is -0.310 e. The van der Waals surface area contributed by atoms with Gasteiger partial charge in [-0.2, -0.15) is 0 Å². The summed E-state index contributed by atoms with van der Waals surface area (Å²) in [6.45, 7) is 12.5. The quantitative estimate of drug-likeness (QED) is 0.0791. The van der Waals surface area contributed by atoms with E-state index in [1.165, 1.54) is 36.4 Å². The third-order valence-corrected chi connectivity index (χ3v) is 24.8. The van der Waals surface area contributed by atoms with Crippen LogP contribution in [0.1, 0.15) is 55.6 Å². The number of nitrogens with zero attached hydrogens (tertiary/aromatic N) is 2. The molecule has 3 aliphatic rings. The largest absolute Gasteiger partial charge is 0.310 e. The lowest BCUT2D eigenvalue weighted by molar-refractivity contribution is 0.509. The lowest BCUT2D eigenvalue weighted by Gasteiger charge is -2.35. The van der Waals surface area contributed by atoms with Crippen LogP contribution in [0.5, 0.6) is 0 Å². The van der Waals surface area contributed by atoms with E-state index in [-0.39, 0.29) is 11.6 Å². The summed E-state index contributed by atoms with van der Waals surface area (Å²) in [5.74, 6) is -4.75. The van der Waals surface area contributed by atoms with E-state index in [2.05, 4.69) is 184 Å². The smallest absolute Gasteiger partial charge is 0.160 e. The first kappa shape index (κ1) is 62.5. The number of anilines is 6. The van der Waals surface area contributed by atoms with Gasteiger partial charge >= 0.3 is 0 Å². The van der Waals surface area contributed by atoms with Crippen LogP contribution in [-0.4, -0.2) is 8.07 Å². The Bertz CT molecular complexity index is 5320. The van der Waals surface area contributed by atoms with Gasteiger partial charge in [0.15, 0.2) is 23.3 Å². The van der Waals surface area contributed by atoms with Gasteiger partial charge in [-0.25, -0.2) is 26.3 Å². The normalized spacial score (nSPS) is 15.6. The molecule has 14 aromatic rings. The van der Waals surface area contributed by atoms with Crippen LogP contribution in [0.4, 0.5) is 60.5 Å². The standard InChI is InChI=1S/C92H62F6N2Si/c1-5-57-15-19-59(20-16-57)61-23-27-63(28-24-61)91(65-31-35-67(93)36-32-65)81-13-9-7-11-75(81)77-45-39-71(53-83(77)91)99(73-41-47-85(95)87(97)55-73)69-43-49-89-79(51-69)80-52-70(44-50-90(80)101(89,3)4)100(74-42-48-86(96)88(98)56-74)72-40-46-78-76-12-8-10-14-82(76)92(84(78)54-72,66-33-37-68(94)38-34-66)64-29-25-62(26-30-64)60-21-17-58(6-2)18-22-60/h5-56H,1-2H2,3-4H3. The van der Waals surface area contributed by atoms with Crippen molar-refractivity contribution >= 4 is 64.7 Å². The molecule has 0 radical (unpaired) electrons. The van der Waals surface area contributed by atoms with Crippen LogP contribution < -0.4 is 20.2 Å². The van der Waals surface area contributed by atoms with Gasteiger partial charge in [0.2, 0.25) is 0 Å². The summed E-state index contributed by atoms with van der Waals surface area (Å²) in [6.07, 6.45) is 3.64. The van der Waals surface area contributed by atoms with Crippen molar-refractivity contribution in [3.05, 3.63) is 407 Å². The molecule has 0 saturated carbocycles. The minimum atomic E-state index is -2.52. The third-order valence-electron chi connectivity index (χ3n) is 21.2. The number of benzene rings is 14. The molecule has 2 aliphatic carbocycles. The van der Waals surface area contributed by atoms with Crippen molar-refractivity contribution in [3.8, 4) is 55.6 Å². The molecule has 17 rings (SSSR count). The summed E-state index contributed by atoms with van der Waals surface area (Å²) >= 11 is 0. The van der Waals surface area contributed by atoms with Crippen LogP contribution in [0.15, 0.2) is 316 Å². The van der Waals surface area contributed by atoms with Gasteiger partial charge in [-0.1, -0.05) is 233 Å². The zero-order valence-corrected chi connectivity index (χ0v) is 56.1. The first-order valence-corrected chi connectivity index (χ1v) is 36.6. The Kier molecular flexibility index (Phi) is 14.9. The molecule has 0 amide bonds. The fourth-order valence-electron chi connectivity index (χ4n) is 16.4. The van der Waals surface area contributed by atoms with E-state index in [0.29, 0.717) is 34.1 Å². The Labute approximate surface area is 584 Å². The van der Waals surface area contributed by atoms with Gasteiger partial charge in [0.1, 0.15) is 19.7 Å². The molecule has 14 aromatic carbocycles. The first-order valence-electron chi connectivity index (χ1n) is 33.6. The monoisotopic (exact) mass is 1340 g/mol. The average Bonchev–Trinajstić information content (AvgIpc) is 1.56. The van der Waals surface area contributed by atoms with Crippen LogP contribution in [-0.2, 0) is 10.8 Å². The molecule has 0 saturated heterocycles. The van der Waals surface area contributed by atoms with Gasteiger partial charge in [0, 0.05) is 46.3 Å². The highest BCUT2D eigenvalue weighted by Crippen LogP contribution is 2.60. The molecule has 2 unspecified atom stereocenters. The molecule has 0 bridgehead atoms. The van der Waals surface area contributed by atoms with E-state index >= 15 is 26.3 Å². The van der Waals surface area contributed by atoms with E-state index in [9.17, 15) is 0 Å². The third kappa shape index (κ3) is 9.92. The molecule has 0 spiro atoms.